The lowest BCUT2D eigenvalue weighted by atomic mass is 10.0. The standard InChI is InChI=1S/C14H16BrFO/c1-2-3-4-5-6-7-14(17)12-9-8-11(16)10-13(12)15/h2,8-10H,1,3-7H2. The lowest BCUT2D eigenvalue weighted by molar-refractivity contribution is 0.0978. The number of ketones is 1. The predicted octanol–water partition coefficient (Wildman–Crippen LogP) is 4.91. The van der Waals surface area contributed by atoms with Crippen LogP contribution in [0.2, 0.25) is 0 Å². The Morgan fingerprint density at radius 2 is 2.12 bits per heavy atom. The molecule has 1 rings (SSSR count). The second kappa shape index (κ2) is 7.38. The van der Waals surface area contributed by atoms with Crippen molar-refractivity contribution in [2.24, 2.45) is 0 Å². The van der Waals surface area contributed by atoms with Crippen LogP contribution in [-0.2, 0) is 0 Å². The SMILES string of the molecule is C=CCCCCCC(=O)c1ccc(F)cc1Br. The van der Waals surface area contributed by atoms with Gasteiger partial charge in [0.1, 0.15) is 5.82 Å². The molecule has 1 nitrogen and oxygen atoms in total. The van der Waals surface area contributed by atoms with Crippen molar-refractivity contribution in [3.05, 3.63) is 46.7 Å². The normalized spacial score (nSPS) is 10.2. The van der Waals surface area contributed by atoms with Crippen molar-refractivity contribution < 1.29 is 9.18 Å². The highest BCUT2D eigenvalue weighted by Crippen LogP contribution is 2.20. The van der Waals surface area contributed by atoms with Crippen LogP contribution in [0.25, 0.3) is 0 Å². The highest BCUT2D eigenvalue weighted by molar-refractivity contribution is 9.10. The number of carbonyl (C=O) groups is 1. The van der Waals surface area contributed by atoms with Gasteiger partial charge in [0.05, 0.1) is 0 Å². The van der Waals surface area contributed by atoms with E-state index in [0.717, 1.165) is 25.7 Å². The quantitative estimate of drug-likeness (QED) is 0.397. The van der Waals surface area contributed by atoms with Gasteiger partial charge in [0.2, 0.25) is 0 Å². The van der Waals surface area contributed by atoms with Gasteiger partial charge in [0, 0.05) is 16.5 Å². The smallest absolute Gasteiger partial charge is 0.164 e. The fourth-order valence-corrected chi connectivity index (χ4v) is 2.17. The van der Waals surface area contributed by atoms with E-state index in [2.05, 4.69) is 22.5 Å². The Kier molecular flexibility index (Phi) is 6.12. The van der Waals surface area contributed by atoms with Gasteiger partial charge in [-0.3, -0.25) is 4.79 Å². The number of Topliss-reactive ketones (excluding diaryl/α,β-unsaturated/α-hetero) is 1. The molecule has 17 heavy (non-hydrogen) atoms. The molecule has 0 saturated carbocycles. The van der Waals surface area contributed by atoms with Crippen molar-refractivity contribution in [2.45, 2.75) is 32.1 Å². The molecule has 0 heterocycles. The lowest BCUT2D eigenvalue weighted by Crippen LogP contribution is -2.00. The van der Waals surface area contributed by atoms with Crippen LogP contribution >= 0.6 is 15.9 Å². The Hall–Kier alpha value is -0.960. The Bertz CT molecular complexity index is 401. The van der Waals surface area contributed by atoms with E-state index in [0.29, 0.717) is 16.5 Å². The van der Waals surface area contributed by atoms with E-state index in [1.807, 2.05) is 6.08 Å². The molecule has 0 radical (unpaired) electrons. The van der Waals surface area contributed by atoms with Gasteiger partial charge < -0.3 is 0 Å². The van der Waals surface area contributed by atoms with Crippen LogP contribution in [-0.4, -0.2) is 5.78 Å². The van der Waals surface area contributed by atoms with Crippen molar-refractivity contribution in [3.8, 4) is 0 Å². The van der Waals surface area contributed by atoms with E-state index in [-0.39, 0.29) is 11.6 Å². The molecule has 0 spiro atoms. The van der Waals surface area contributed by atoms with E-state index in [1.54, 1.807) is 0 Å². The zero-order valence-electron chi connectivity index (χ0n) is 9.72. The first-order valence-electron chi connectivity index (χ1n) is 5.74. The van der Waals surface area contributed by atoms with Crippen LogP contribution in [0.15, 0.2) is 35.3 Å². The summed E-state index contributed by atoms with van der Waals surface area (Å²) in [5, 5.41) is 0. The number of unbranched alkanes of at least 4 members (excludes halogenated alkanes) is 3. The molecule has 1 aromatic rings. The molecule has 0 atom stereocenters. The zero-order chi connectivity index (χ0) is 12.7. The van der Waals surface area contributed by atoms with Gasteiger partial charge in [-0.1, -0.05) is 12.5 Å². The third-order valence-electron chi connectivity index (χ3n) is 2.54. The maximum atomic E-state index is 12.9. The number of allylic oxidation sites excluding steroid dienone is 1. The Morgan fingerprint density at radius 3 is 2.76 bits per heavy atom. The van der Waals surface area contributed by atoms with Crippen molar-refractivity contribution >= 4 is 21.7 Å². The lowest BCUT2D eigenvalue weighted by Gasteiger charge is -2.03. The summed E-state index contributed by atoms with van der Waals surface area (Å²) in [6.45, 7) is 3.65. The summed E-state index contributed by atoms with van der Waals surface area (Å²) >= 11 is 3.21. The monoisotopic (exact) mass is 298 g/mol. The average molecular weight is 299 g/mol. The molecule has 92 valence electrons. The second-order valence-electron chi connectivity index (χ2n) is 3.94. The number of rotatable bonds is 7. The van der Waals surface area contributed by atoms with Crippen LogP contribution in [0.5, 0.6) is 0 Å². The van der Waals surface area contributed by atoms with Crippen molar-refractivity contribution in [3.63, 3.8) is 0 Å². The summed E-state index contributed by atoms with van der Waals surface area (Å²) in [7, 11) is 0. The molecule has 0 N–H and O–H groups in total. The van der Waals surface area contributed by atoms with Crippen LogP contribution < -0.4 is 0 Å². The maximum Gasteiger partial charge on any atom is 0.164 e. The molecule has 0 aliphatic carbocycles. The number of hydrogen-bond donors (Lipinski definition) is 0. The largest absolute Gasteiger partial charge is 0.294 e. The zero-order valence-corrected chi connectivity index (χ0v) is 11.3. The molecule has 0 unspecified atom stereocenters. The highest BCUT2D eigenvalue weighted by atomic mass is 79.9. The second-order valence-corrected chi connectivity index (χ2v) is 4.79. The minimum Gasteiger partial charge on any atom is -0.294 e. The Morgan fingerprint density at radius 1 is 1.35 bits per heavy atom. The van der Waals surface area contributed by atoms with Crippen LogP contribution in [0.1, 0.15) is 42.5 Å². The Balaban J connectivity index is 2.44. The molecule has 0 amide bonds. The van der Waals surface area contributed by atoms with E-state index >= 15 is 0 Å². The van der Waals surface area contributed by atoms with E-state index in [1.165, 1.54) is 18.2 Å². The predicted molar refractivity (Wildman–Crippen MR) is 71.7 cm³/mol. The minimum absolute atomic E-state index is 0.0653. The Labute approximate surface area is 110 Å². The van der Waals surface area contributed by atoms with Crippen LogP contribution in [0, 0.1) is 5.82 Å². The number of hydrogen-bond acceptors (Lipinski definition) is 1. The summed E-state index contributed by atoms with van der Waals surface area (Å²) in [5.74, 6) is -0.269. The first-order valence-corrected chi connectivity index (χ1v) is 6.53. The van der Waals surface area contributed by atoms with Gasteiger partial charge >= 0.3 is 0 Å². The molecule has 0 fully saturated rings. The van der Waals surface area contributed by atoms with Crippen molar-refractivity contribution in [1.82, 2.24) is 0 Å². The van der Waals surface area contributed by atoms with Gasteiger partial charge in [0.25, 0.3) is 0 Å². The van der Waals surface area contributed by atoms with Gasteiger partial charge in [-0.2, -0.15) is 0 Å². The van der Waals surface area contributed by atoms with Crippen LogP contribution in [0.3, 0.4) is 0 Å². The summed E-state index contributed by atoms with van der Waals surface area (Å²) in [5.41, 5.74) is 0.565. The maximum absolute atomic E-state index is 12.9. The minimum atomic E-state index is -0.334. The number of carbonyl (C=O) groups excluding carboxylic acids is 1. The van der Waals surface area contributed by atoms with E-state index in [4.69, 9.17) is 0 Å². The van der Waals surface area contributed by atoms with Crippen molar-refractivity contribution in [2.75, 3.05) is 0 Å². The molecule has 0 saturated heterocycles. The molecular weight excluding hydrogens is 283 g/mol. The van der Waals surface area contributed by atoms with Crippen molar-refractivity contribution in [1.29, 1.82) is 0 Å². The highest BCUT2D eigenvalue weighted by Gasteiger charge is 2.10. The fourth-order valence-electron chi connectivity index (χ4n) is 1.60. The van der Waals surface area contributed by atoms with E-state index < -0.39 is 0 Å². The molecular formula is C14H16BrFO. The van der Waals surface area contributed by atoms with Gasteiger partial charge in [-0.15, -0.1) is 6.58 Å². The molecule has 0 bridgehead atoms. The third kappa shape index (κ3) is 4.82. The fraction of sp³-hybridized carbons (Fsp3) is 0.357. The summed E-state index contributed by atoms with van der Waals surface area (Å²) in [6.07, 6.45) is 6.36. The topological polar surface area (TPSA) is 17.1 Å². The molecule has 0 aliphatic rings. The third-order valence-corrected chi connectivity index (χ3v) is 3.20. The number of halogens is 2. The van der Waals surface area contributed by atoms with E-state index in [9.17, 15) is 9.18 Å². The summed E-state index contributed by atoms with van der Waals surface area (Å²) in [6, 6.07) is 4.17. The molecule has 1 aromatic carbocycles. The van der Waals surface area contributed by atoms with Crippen LogP contribution in [0.4, 0.5) is 4.39 Å². The summed E-state index contributed by atoms with van der Waals surface area (Å²) < 4.78 is 13.4. The first-order chi connectivity index (χ1) is 8.15. The van der Waals surface area contributed by atoms with Gasteiger partial charge in [-0.05, 0) is 53.4 Å². The molecule has 0 aliphatic heterocycles. The van der Waals surface area contributed by atoms with Gasteiger partial charge in [0.15, 0.2) is 5.78 Å². The first kappa shape index (κ1) is 14.1. The summed E-state index contributed by atoms with van der Waals surface area (Å²) in [4.78, 5) is 11.8. The van der Waals surface area contributed by atoms with Gasteiger partial charge in [-0.25, -0.2) is 4.39 Å². The molecule has 0 aromatic heterocycles. The average Bonchev–Trinajstić information content (AvgIpc) is 2.28. The number of benzene rings is 1. The molecule has 3 heteroatoms.